The highest BCUT2D eigenvalue weighted by molar-refractivity contribution is 7.89. The van der Waals surface area contributed by atoms with Crippen LogP contribution in [0.3, 0.4) is 0 Å². The Labute approximate surface area is 168 Å². The fourth-order valence-corrected chi connectivity index (χ4v) is 4.50. The molecule has 0 bridgehead atoms. The molecule has 0 saturated carbocycles. The Morgan fingerprint density at radius 2 is 1.97 bits per heavy atom. The molecule has 152 valence electrons. The van der Waals surface area contributed by atoms with Crippen molar-refractivity contribution in [3.8, 4) is 0 Å². The fraction of sp³-hybridized carbons (Fsp3) is 0.250. The summed E-state index contributed by atoms with van der Waals surface area (Å²) in [5.41, 5.74) is 0.640. The fourth-order valence-electron chi connectivity index (χ4n) is 3.02. The van der Waals surface area contributed by atoms with Gasteiger partial charge >= 0.3 is 0 Å². The minimum Gasteiger partial charge on any atom is -0.360 e. The van der Waals surface area contributed by atoms with Crippen LogP contribution in [0, 0.1) is 0 Å². The zero-order valence-corrected chi connectivity index (χ0v) is 17.0. The number of carbonyl (C=O) groups excluding carboxylic acids is 1. The number of hydrogen-bond donors (Lipinski definition) is 2. The molecule has 0 fully saturated rings. The topological polar surface area (TPSA) is 112 Å². The number of aromatic nitrogens is 2. The third-order valence-corrected chi connectivity index (χ3v) is 6.66. The van der Waals surface area contributed by atoms with Gasteiger partial charge in [-0.2, -0.15) is 4.31 Å². The third-order valence-electron chi connectivity index (χ3n) is 4.62. The second kappa shape index (κ2) is 8.54. The maximum atomic E-state index is 12.9. The van der Waals surface area contributed by atoms with E-state index in [0.717, 1.165) is 5.56 Å². The summed E-state index contributed by atoms with van der Waals surface area (Å²) in [5, 5.41) is 2.82. The predicted molar refractivity (Wildman–Crippen MR) is 110 cm³/mol. The average molecular weight is 414 g/mol. The van der Waals surface area contributed by atoms with Crippen molar-refractivity contribution in [1.82, 2.24) is 19.6 Å². The molecule has 3 rings (SSSR count). The van der Waals surface area contributed by atoms with Crippen molar-refractivity contribution in [2.24, 2.45) is 0 Å². The molecule has 9 heteroatoms. The zero-order chi connectivity index (χ0) is 21.0. The van der Waals surface area contributed by atoms with Crippen molar-refractivity contribution >= 4 is 26.8 Å². The summed E-state index contributed by atoms with van der Waals surface area (Å²) >= 11 is 0. The van der Waals surface area contributed by atoms with Crippen molar-refractivity contribution in [1.29, 1.82) is 0 Å². The summed E-state index contributed by atoms with van der Waals surface area (Å²) in [6.45, 7) is 4.37. The highest BCUT2D eigenvalue weighted by Crippen LogP contribution is 2.19. The van der Waals surface area contributed by atoms with Crippen LogP contribution in [0.25, 0.3) is 10.9 Å². The van der Waals surface area contributed by atoms with Crippen molar-refractivity contribution in [3.63, 3.8) is 0 Å². The van der Waals surface area contributed by atoms with Gasteiger partial charge in [-0.15, -0.1) is 0 Å². The van der Waals surface area contributed by atoms with Crippen LogP contribution in [0.2, 0.25) is 0 Å². The van der Waals surface area contributed by atoms with Gasteiger partial charge in [0.25, 0.3) is 5.91 Å². The quantitative estimate of drug-likeness (QED) is 0.613. The van der Waals surface area contributed by atoms with Gasteiger partial charge in [-0.1, -0.05) is 19.9 Å². The summed E-state index contributed by atoms with van der Waals surface area (Å²) < 4.78 is 26.8. The lowest BCUT2D eigenvalue weighted by Crippen LogP contribution is -2.31. The molecule has 0 aliphatic heterocycles. The number of amides is 1. The van der Waals surface area contributed by atoms with Gasteiger partial charge in [0.05, 0.1) is 4.90 Å². The molecular weight excluding hydrogens is 392 g/mol. The van der Waals surface area contributed by atoms with E-state index in [0.29, 0.717) is 18.6 Å². The van der Waals surface area contributed by atoms with Gasteiger partial charge in [0.1, 0.15) is 5.56 Å². The standard InChI is InChI=1S/C20H22N4O4S/c1-3-24(4-2)29(27,28)15-7-8-18-16(10-15)19(25)17(13-22-18)20(26)23-12-14-6-5-9-21-11-14/h5-11,13H,3-4,12H2,1-2H3,(H,22,25)(H,23,26). The first-order valence-corrected chi connectivity index (χ1v) is 10.6. The lowest BCUT2D eigenvalue weighted by Gasteiger charge is -2.18. The number of nitrogens with zero attached hydrogens (tertiary/aromatic N) is 2. The Morgan fingerprint density at radius 3 is 2.62 bits per heavy atom. The monoisotopic (exact) mass is 414 g/mol. The molecule has 1 amide bonds. The van der Waals surface area contributed by atoms with Crippen molar-refractivity contribution < 1.29 is 13.2 Å². The van der Waals surface area contributed by atoms with Crippen LogP contribution in [-0.4, -0.2) is 41.7 Å². The van der Waals surface area contributed by atoms with Gasteiger partial charge < -0.3 is 10.3 Å². The predicted octanol–water partition coefficient (Wildman–Crippen LogP) is 1.88. The molecule has 2 aromatic heterocycles. The molecule has 3 aromatic rings. The number of rotatable bonds is 7. The summed E-state index contributed by atoms with van der Waals surface area (Å²) in [6, 6.07) is 7.86. The van der Waals surface area contributed by atoms with Crippen LogP contribution in [0.15, 0.2) is 58.6 Å². The van der Waals surface area contributed by atoms with Crippen LogP contribution in [0.1, 0.15) is 29.8 Å². The zero-order valence-electron chi connectivity index (χ0n) is 16.2. The van der Waals surface area contributed by atoms with Crippen LogP contribution >= 0.6 is 0 Å². The highest BCUT2D eigenvalue weighted by atomic mass is 32.2. The summed E-state index contributed by atoms with van der Waals surface area (Å²) in [6.07, 6.45) is 4.58. The summed E-state index contributed by atoms with van der Waals surface area (Å²) in [7, 11) is -3.72. The van der Waals surface area contributed by atoms with E-state index in [-0.39, 0.29) is 22.4 Å². The maximum Gasteiger partial charge on any atom is 0.257 e. The molecular formula is C20H22N4O4S. The number of nitrogens with one attached hydrogen (secondary N) is 2. The van der Waals surface area contributed by atoms with Crippen LogP contribution < -0.4 is 10.7 Å². The van der Waals surface area contributed by atoms with Crippen molar-refractivity contribution in [2.75, 3.05) is 13.1 Å². The number of benzene rings is 1. The van der Waals surface area contributed by atoms with Crippen molar-refractivity contribution in [3.05, 3.63) is 70.3 Å². The second-order valence-electron chi connectivity index (χ2n) is 6.37. The van der Waals surface area contributed by atoms with E-state index in [1.54, 1.807) is 32.3 Å². The van der Waals surface area contributed by atoms with Gasteiger partial charge in [-0.25, -0.2) is 8.42 Å². The number of aromatic amines is 1. The van der Waals surface area contributed by atoms with E-state index in [1.807, 2.05) is 6.07 Å². The van der Waals surface area contributed by atoms with Gasteiger partial charge in [-0.05, 0) is 29.8 Å². The highest BCUT2D eigenvalue weighted by Gasteiger charge is 2.23. The second-order valence-corrected chi connectivity index (χ2v) is 8.31. The number of H-pyrrole nitrogens is 1. The van der Waals surface area contributed by atoms with E-state index in [2.05, 4.69) is 15.3 Å². The Bertz CT molecular complexity index is 1190. The van der Waals surface area contributed by atoms with Gasteiger partial charge in [0, 0.05) is 49.1 Å². The van der Waals surface area contributed by atoms with Gasteiger partial charge in [0.2, 0.25) is 15.5 Å². The number of pyridine rings is 2. The molecule has 2 heterocycles. The number of sulfonamides is 1. The van der Waals surface area contributed by atoms with Crippen LogP contribution in [0.5, 0.6) is 0 Å². The molecule has 0 aliphatic carbocycles. The van der Waals surface area contributed by atoms with E-state index < -0.39 is 21.4 Å². The Hall–Kier alpha value is -3.04. The average Bonchev–Trinajstić information content (AvgIpc) is 2.73. The van der Waals surface area contributed by atoms with Crippen molar-refractivity contribution in [2.45, 2.75) is 25.3 Å². The molecule has 0 spiro atoms. The lowest BCUT2D eigenvalue weighted by molar-refractivity contribution is 0.0949. The molecule has 0 unspecified atom stereocenters. The molecule has 1 aromatic carbocycles. The van der Waals surface area contributed by atoms with E-state index >= 15 is 0 Å². The van der Waals surface area contributed by atoms with E-state index in [4.69, 9.17) is 0 Å². The largest absolute Gasteiger partial charge is 0.360 e. The van der Waals surface area contributed by atoms with Crippen LogP contribution in [0.4, 0.5) is 0 Å². The molecule has 0 aliphatic rings. The minimum atomic E-state index is -3.72. The first kappa shape index (κ1) is 20.7. The molecule has 2 N–H and O–H groups in total. The van der Waals surface area contributed by atoms with E-state index in [1.165, 1.54) is 28.7 Å². The molecule has 0 saturated heterocycles. The SMILES string of the molecule is CCN(CC)S(=O)(=O)c1ccc2[nH]cc(C(=O)NCc3cccnc3)c(=O)c2c1. The Morgan fingerprint density at radius 1 is 1.21 bits per heavy atom. The lowest BCUT2D eigenvalue weighted by atomic mass is 10.1. The third kappa shape index (κ3) is 4.20. The smallest absolute Gasteiger partial charge is 0.257 e. The Kier molecular flexibility index (Phi) is 6.09. The van der Waals surface area contributed by atoms with Gasteiger partial charge in [-0.3, -0.25) is 14.6 Å². The normalized spacial score (nSPS) is 11.7. The first-order valence-electron chi connectivity index (χ1n) is 9.21. The number of carbonyl (C=O) groups is 1. The maximum absolute atomic E-state index is 12.9. The summed E-state index contributed by atoms with van der Waals surface area (Å²) in [4.78, 5) is 32.2. The molecule has 8 nitrogen and oxygen atoms in total. The summed E-state index contributed by atoms with van der Waals surface area (Å²) in [5.74, 6) is -0.547. The number of hydrogen-bond acceptors (Lipinski definition) is 5. The number of fused-ring (bicyclic) bond motifs is 1. The van der Waals surface area contributed by atoms with Crippen LogP contribution in [-0.2, 0) is 16.6 Å². The minimum absolute atomic E-state index is 0.0205. The Balaban J connectivity index is 1.96. The van der Waals surface area contributed by atoms with Gasteiger partial charge in [0.15, 0.2) is 0 Å². The molecule has 0 radical (unpaired) electrons. The molecule has 0 atom stereocenters. The molecule has 29 heavy (non-hydrogen) atoms. The first-order chi connectivity index (χ1) is 13.9. The van der Waals surface area contributed by atoms with E-state index in [9.17, 15) is 18.0 Å².